The van der Waals surface area contributed by atoms with Gasteiger partial charge in [-0.05, 0) is 25.5 Å². The molecular weight excluding hydrogens is 220 g/mol. The summed E-state index contributed by atoms with van der Waals surface area (Å²) in [5, 5.41) is 14.3. The lowest BCUT2D eigenvalue weighted by atomic mass is 9.97. The second-order valence-electron chi connectivity index (χ2n) is 3.87. The number of oxime groups is 1. The second-order valence-corrected chi connectivity index (χ2v) is 3.87. The van der Waals surface area contributed by atoms with E-state index in [1.165, 1.54) is 6.20 Å². The summed E-state index contributed by atoms with van der Waals surface area (Å²) in [4.78, 5) is 15.8. The number of aromatic nitrogens is 1. The Bertz CT molecular complexity index is 419. The van der Waals surface area contributed by atoms with Crippen molar-refractivity contribution in [2.24, 2.45) is 10.9 Å². The number of pyridine rings is 1. The van der Waals surface area contributed by atoms with Gasteiger partial charge in [0, 0.05) is 12.4 Å². The van der Waals surface area contributed by atoms with Crippen molar-refractivity contribution in [3.63, 3.8) is 0 Å². The summed E-state index contributed by atoms with van der Waals surface area (Å²) in [5.74, 6) is -0.341. The van der Waals surface area contributed by atoms with Crippen LogP contribution in [-0.4, -0.2) is 27.5 Å². The van der Waals surface area contributed by atoms with Gasteiger partial charge in [-0.2, -0.15) is 0 Å². The Morgan fingerprint density at radius 2 is 2.41 bits per heavy atom. The number of carbonyl (C=O) groups excluding carboxylic acids is 1. The molecular formula is C11H16N4O2. The molecule has 1 amide bonds. The van der Waals surface area contributed by atoms with E-state index in [0.717, 1.165) is 0 Å². The number of nitrogens with two attached hydrogens (primary N) is 1. The highest BCUT2D eigenvalue weighted by atomic mass is 16.4. The fourth-order valence-corrected chi connectivity index (χ4v) is 1.26. The van der Waals surface area contributed by atoms with Crippen molar-refractivity contribution < 1.29 is 10.0 Å². The molecule has 0 fully saturated rings. The van der Waals surface area contributed by atoms with Crippen LogP contribution in [0.1, 0.15) is 30.6 Å². The SMILES string of the molecule is CCC(C)(NC(=O)c1cccnc1)/C(N)=N/O. The zero-order valence-electron chi connectivity index (χ0n) is 9.84. The lowest BCUT2D eigenvalue weighted by molar-refractivity contribution is 0.0924. The summed E-state index contributed by atoms with van der Waals surface area (Å²) in [6.07, 6.45) is 3.55. The Hall–Kier alpha value is -2.11. The fourth-order valence-electron chi connectivity index (χ4n) is 1.26. The van der Waals surface area contributed by atoms with Gasteiger partial charge in [-0.1, -0.05) is 12.1 Å². The van der Waals surface area contributed by atoms with Crippen molar-refractivity contribution >= 4 is 11.7 Å². The first-order chi connectivity index (χ1) is 8.03. The predicted octanol–water partition coefficient (Wildman–Crippen LogP) is 0.726. The molecule has 1 aromatic rings. The summed E-state index contributed by atoms with van der Waals surface area (Å²) < 4.78 is 0. The van der Waals surface area contributed by atoms with Crippen LogP contribution in [0, 0.1) is 0 Å². The lowest BCUT2D eigenvalue weighted by Crippen LogP contribution is -2.55. The highest BCUT2D eigenvalue weighted by Crippen LogP contribution is 2.10. The molecule has 0 aromatic carbocycles. The topological polar surface area (TPSA) is 101 Å². The highest BCUT2D eigenvalue weighted by molar-refractivity contribution is 5.99. The van der Waals surface area contributed by atoms with Crippen molar-refractivity contribution in [3.8, 4) is 0 Å². The number of carbonyl (C=O) groups is 1. The molecule has 1 heterocycles. The van der Waals surface area contributed by atoms with Gasteiger partial charge < -0.3 is 16.3 Å². The van der Waals surface area contributed by atoms with Crippen LogP contribution in [0.3, 0.4) is 0 Å². The number of hydrogen-bond donors (Lipinski definition) is 3. The van der Waals surface area contributed by atoms with E-state index in [2.05, 4.69) is 15.5 Å². The number of amides is 1. The Morgan fingerprint density at radius 1 is 1.71 bits per heavy atom. The molecule has 6 heteroatoms. The van der Waals surface area contributed by atoms with Gasteiger partial charge in [0.05, 0.1) is 11.1 Å². The van der Waals surface area contributed by atoms with E-state index in [1.807, 2.05) is 6.92 Å². The molecule has 0 saturated carbocycles. The molecule has 0 aliphatic heterocycles. The first-order valence-corrected chi connectivity index (χ1v) is 5.24. The van der Waals surface area contributed by atoms with Crippen LogP contribution in [0.15, 0.2) is 29.7 Å². The monoisotopic (exact) mass is 236 g/mol. The number of hydrogen-bond acceptors (Lipinski definition) is 4. The third-order valence-electron chi connectivity index (χ3n) is 2.69. The summed E-state index contributed by atoms with van der Waals surface area (Å²) in [7, 11) is 0. The fraction of sp³-hybridized carbons (Fsp3) is 0.364. The van der Waals surface area contributed by atoms with Gasteiger partial charge in [-0.25, -0.2) is 0 Å². The van der Waals surface area contributed by atoms with Gasteiger partial charge in [-0.15, -0.1) is 0 Å². The van der Waals surface area contributed by atoms with Gasteiger partial charge in [0.15, 0.2) is 5.84 Å². The van der Waals surface area contributed by atoms with E-state index >= 15 is 0 Å². The minimum atomic E-state index is -0.873. The Balaban J connectivity index is 2.87. The maximum atomic E-state index is 11.9. The average Bonchev–Trinajstić information content (AvgIpc) is 2.38. The van der Waals surface area contributed by atoms with Gasteiger partial charge in [0.2, 0.25) is 0 Å². The maximum Gasteiger partial charge on any atom is 0.253 e. The van der Waals surface area contributed by atoms with E-state index in [9.17, 15) is 4.79 Å². The number of nitrogens with one attached hydrogen (secondary N) is 1. The van der Waals surface area contributed by atoms with Crippen LogP contribution < -0.4 is 11.1 Å². The molecule has 1 rings (SSSR count). The van der Waals surface area contributed by atoms with Gasteiger partial charge >= 0.3 is 0 Å². The molecule has 0 radical (unpaired) electrons. The standard InChI is InChI=1S/C11H16N4O2/c1-3-11(2,10(12)15-17)14-9(16)8-5-4-6-13-7-8/h4-7,17H,3H2,1-2H3,(H2,12,15)(H,14,16). The van der Waals surface area contributed by atoms with Gasteiger partial charge in [0.1, 0.15) is 0 Å². The van der Waals surface area contributed by atoms with E-state index in [1.54, 1.807) is 25.3 Å². The van der Waals surface area contributed by atoms with E-state index in [4.69, 9.17) is 10.9 Å². The van der Waals surface area contributed by atoms with Crippen LogP contribution in [0.25, 0.3) is 0 Å². The number of amidine groups is 1. The van der Waals surface area contributed by atoms with Crippen molar-refractivity contribution in [2.75, 3.05) is 0 Å². The number of nitrogens with zero attached hydrogens (tertiary/aromatic N) is 2. The van der Waals surface area contributed by atoms with Crippen molar-refractivity contribution in [2.45, 2.75) is 25.8 Å². The second kappa shape index (κ2) is 5.29. The minimum absolute atomic E-state index is 0.0303. The van der Waals surface area contributed by atoms with Gasteiger partial charge in [-0.3, -0.25) is 9.78 Å². The Kier molecular flexibility index (Phi) is 4.03. The van der Waals surface area contributed by atoms with Crippen LogP contribution in [0.2, 0.25) is 0 Å². The molecule has 0 spiro atoms. The van der Waals surface area contributed by atoms with Gasteiger partial charge in [0.25, 0.3) is 5.91 Å². The third-order valence-corrected chi connectivity index (χ3v) is 2.69. The Morgan fingerprint density at radius 3 is 2.88 bits per heavy atom. The van der Waals surface area contributed by atoms with E-state index < -0.39 is 5.54 Å². The molecule has 92 valence electrons. The minimum Gasteiger partial charge on any atom is -0.409 e. The average molecular weight is 236 g/mol. The maximum absolute atomic E-state index is 11.9. The zero-order valence-corrected chi connectivity index (χ0v) is 9.84. The molecule has 6 nitrogen and oxygen atoms in total. The van der Waals surface area contributed by atoms with E-state index in [0.29, 0.717) is 12.0 Å². The Labute approximate surface area is 99.5 Å². The number of rotatable bonds is 4. The highest BCUT2D eigenvalue weighted by Gasteiger charge is 2.29. The predicted molar refractivity (Wildman–Crippen MR) is 63.8 cm³/mol. The molecule has 1 unspecified atom stereocenters. The quantitative estimate of drug-likeness (QED) is 0.310. The van der Waals surface area contributed by atoms with Crippen LogP contribution >= 0.6 is 0 Å². The van der Waals surface area contributed by atoms with Crippen molar-refractivity contribution in [3.05, 3.63) is 30.1 Å². The van der Waals surface area contributed by atoms with Crippen molar-refractivity contribution in [1.29, 1.82) is 0 Å². The molecule has 0 saturated heterocycles. The summed E-state index contributed by atoms with van der Waals surface area (Å²) in [6, 6.07) is 3.31. The molecule has 0 aliphatic carbocycles. The van der Waals surface area contributed by atoms with Crippen molar-refractivity contribution in [1.82, 2.24) is 10.3 Å². The lowest BCUT2D eigenvalue weighted by Gasteiger charge is -2.27. The van der Waals surface area contributed by atoms with Crippen LogP contribution in [0.5, 0.6) is 0 Å². The summed E-state index contributed by atoms with van der Waals surface area (Å²) >= 11 is 0. The molecule has 1 aromatic heterocycles. The van der Waals surface area contributed by atoms with E-state index in [-0.39, 0.29) is 11.7 Å². The molecule has 0 bridgehead atoms. The molecule has 1 atom stereocenters. The third kappa shape index (κ3) is 2.93. The first kappa shape index (κ1) is 13.0. The zero-order chi connectivity index (χ0) is 12.9. The molecule has 0 aliphatic rings. The molecule has 4 N–H and O–H groups in total. The molecule has 17 heavy (non-hydrogen) atoms. The summed E-state index contributed by atoms with van der Waals surface area (Å²) in [5.41, 5.74) is 5.11. The summed E-state index contributed by atoms with van der Waals surface area (Å²) in [6.45, 7) is 3.53. The normalized spacial score (nSPS) is 15.1. The first-order valence-electron chi connectivity index (χ1n) is 5.24. The van der Waals surface area contributed by atoms with Crippen LogP contribution in [0.4, 0.5) is 0 Å². The largest absolute Gasteiger partial charge is 0.409 e. The smallest absolute Gasteiger partial charge is 0.253 e. The van der Waals surface area contributed by atoms with Crippen LogP contribution in [-0.2, 0) is 0 Å².